The highest BCUT2D eigenvalue weighted by molar-refractivity contribution is 6.04. The summed E-state index contributed by atoms with van der Waals surface area (Å²) < 4.78 is 13.2. The van der Waals surface area contributed by atoms with Crippen LogP contribution in [0.25, 0.3) is 39.1 Å². The molecule has 2 heterocycles. The fourth-order valence-corrected chi connectivity index (χ4v) is 4.19. The Kier molecular flexibility index (Phi) is 5.33. The predicted molar refractivity (Wildman–Crippen MR) is 135 cm³/mol. The number of nitrogens with zero attached hydrogens (tertiary/aromatic N) is 2. The van der Waals surface area contributed by atoms with Crippen LogP contribution in [0, 0.1) is 0 Å². The van der Waals surface area contributed by atoms with E-state index in [1.165, 1.54) is 0 Å². The number of pyridine rings is 1. The van der Waals surface area contributed by atoms with Crippen molar-refractivity contribution in [3.05, 3.63) is 90.6 Å². The minimum Gasteiger partial charge on any atom is -0.497 e. The van der Waals surface area contributed by atoms with Crippen molar-refractivity contribution in [2.24, 2.45) is 0 Å². The number of benzene rings is 3. The molecule has 5 nitrogen and oxygen atoms in total. The van der Waals surface area contributed by atoms with Gasteiger partial charge in [-0.05, 0) is 62.7 Å². The Bertz CT molecular complexity index is 1450. The zero-order valence-electron chi connectivity index (χ0n) is 19.7. The third-order valence-electron chi connectivity index (χ3n) is 5.64. The molecule has 2 aliphatic heterocycles. The van der Waals surface area contributed by atoms with Gasteiger partial charge in [-0.3, -0.25) is 0 Å². The van der Waals surface area contributed by atoms with Gasteiger partial charge in [0.1, 0.15) is 17.0 Å². The van der Waals surface area contributed by atoms with Crippen molar-refractivity contribution in [3.8, 4) is 34.0 Å². The molecule has 3 aromatic carbocycles. The van der Waals surface area contributed by atoms with Gasteiger partial charge >= 0.3 is 5.97 Å². The van der Waals surface area contributed by atoms with Crippen LogP contribution < -0.4 is 4.74 Å². The average molecular weight is 451 g/mol. The second kappa shape index (κ2) is 8.34. The second-order valence-corrected chi connectivity index (χ2v) is 9.17. The number of fused-ring (bicyclic) bond motifs is 3. The Morgan fingerprint density at radius 2 is 1.56 bits per heavy atom. The topological polar surface area (TPSA) is 53.4 Å². The van der Waals surface area contributed by atoms with E-state index in [-0.39, 0.29) is 0 Å². The molecule has 5 heteroatoms. The Morgan fingerprint density at radius 1 is 0.882 bits per heavy atom. The van der Waals surface area contributed by atoms with Gasteiger partial charge in [0.15, 0.2) is 0 Å². The molecule has 0 atom stereocenters. The highest BCUT2D eigenvalue weighted by atomic mass is 16.6. The van der Waals surface area contributed by atoms with E-state index in [2.05, 4.69) is 0 Å². The maximum Gasteiger partial charge on any atom is 0.355 e. The predicted octanol–water partition coefficient (Wildman–Crippen LogP) is 6.76. The quantitative estimate of drug-likeness (QED) is 0.284. The van der Waals surface area contributed by atoms with Crippen molar-refractivity contribution in [3.63, 3.8) is 0 Å². The molecule has 0 N–H and O–H groups in total. The van der Waals surface area contributed by atoms with E-state index in [9.17, 15) is 4.79 Å². The maximum atomic E-state index is 13.6. The van der Waals surface area contributed by atoms with Crippen molar-refractivity contribution in [2.75, 3.05) is 7.11 Å². The van der Waals surface area contributed by atoms with Crippen LogP contribution in [0.2, 0.25) is 0 Å². The number of aromatic nitrogens is 2. The van der Waals surface area contributed by atoms with E-state index >= 15 is 0 Å². The molecule has 34 heavy (non-hydrogen) atoms. The third kappa shape index (κ3) is 3.90. The number of para-hydroxylation sites is 1. The number of ether oxygens (including phenoxy) is 2. The van der Waals surface area contributed by atoms with Crippen molar-refractivity contribution < 1.29 is 14.3 Å². The van der Waals surface area contributed by atoms with Crippen LogP contribution in [0.5, 0.6) is 5.75 Å². The van der Waals surface area contributed by atoms with Gasteiger partial charge in [-0.1, -0.05) is 48.5 Å². The van der Waals surface area contributed by atoms with E-state index in [1.54, 1.807) is 7.11 Å². The molecule has 0 unspecified atom stereocenters. The summed E-state index contributed by atoms with van der Waals surface area (Å²) in [5.74, 6) is 0.346. The molecule has 0 fully saturated rings. The Morgan fingerprint density at radius 3 is 2.24 bits per heavy atom. The first-order valence-corrected chi connectivity index (χ1v) is 11.2. The van der Waals surface area contributed by atoms with Gasteiger partial charge in [-0.2, -0.15) is 0 Å². The monoisotopic (exact) mass is 450 g/mol. The van der Waals surface area contributed by atoms with Crippen molar-refractivity contribution >= 4 is 16.9 Å². The van der Waals surface area contributed by atoms with E-state index in [1.807, 2.05) is 110 Å². The standard InChI is InChI=1S/C29H26N2O3/c1-29(2,3)34-28(32)25-18-23(19-10-6-5-7-11-19)26-27(22-12-8-9-13-24(22)30-26)31(25)20-14-16-21(33-4)17-15-20/h5-18H,1-4H3. The minimum atomic E-state index is -0.636. The maximum absolute atomic E-state index is 13.6. The summed E-state index contributed by atoms with van der Waals surface area (Å²) >= 11 is 0. The Balaban J connectivity index is 1.90. The molecule has 170 valence electrons. The third-order valence-corrected chi connectivity index (χ3v) is 5.64. The van der Waals surface area contributed by atoms with Gasteiger partial charge in [0, 0.05) is 16.6 Å². The summed E-state index contributed by atoms with van der Waals surface area (Å²) in [7, 11) is 1.63. The zero-order chi connectivity index (χ0) is 23.9. The molecule has 0 amide bonds. The molecule has 2 aliphatic rings. The van der Waals surface area contributed by atoms with E-state index in [0.717, 1.165) is 44.9 Å². The van der Waals surface area contributed by atoms with Gasteiger partial charge in [0.05, 0.1) is 24.0 Å². The van der Waals surface area contributed by atoms with Crippen LogP contribution in [0.1, 0.15) is 31.3 Å². The molecular weight excluding hydrogens is 424 g/mol. The molecule has 0 saturated heterocycles. The minimum absolute atomic E-state index is 0.396. The van der Waals surface area contributed by atoms with Crippen LogP contribution >= 0.6 is 0 Å². The van der Waals surface area contributed by atoms with Gasteiger partial charge in [0.25, 0.3) is 0 Å². The smallest absolute Gasteiger partial charge is 0.355 e. The summed E-state index contributed by atoms with van der Waals surface area (Å²) in [5.41, 5.74) is 5.06. The van der Waals surface area contributed by atoms with Gasteiger partial charge < -0.3 is 14.0 Å². The first kappa shape index (κ1) is 21.7. The molecule has 0 aliphatic carbocycles. The average Bonchev–Trinajstić information content (AvgIpc) is 3.22. The van der Waals surface area contributed by atoms with Crippen molar-refractivity contribution in [1.29, 1.82) is 0 Å². The molecule has 0 spiro atoms. The Hall–Kier alpha value is -4.12. The fraction of sp³-hybridized carbons (Fsp3) is 0.172. The van der Waals surface area contributed by atoms with E-state index in [4.69, 9.17) is 14.5 Å². The molecular formula is C29H26N2O3. The molecule has 5 rings (SSSR count). The SMILES string of the molecule is COc1ccc(-n2c(C(=O)OC(C)(C)C)cc(-c3ccccc3)c3nc4ccccc4c2-3)cc1. The molecule has 0 radical (unpaired) electrons. The summed E-state index contributed by atoms with van der Waals surface area (Å²) in [6.45, 7) is 5.62. The zero-order valence-corrected chi connectivity index (χ0v) is 19.7. The van der Waals surface area contributed by atoms with Crippen molar-refractivity contribution in [2.45, 2.75) is 26.4 Å². The van der Waals surface area contributed by atoms with Crippen LogP contribution in [0.15, 0.2) is 84.9 Å². The summed E-state index contributed by atoms with van der Waals surface area (Å²) in [4.78, 5) is 18.6. The van der Waals surface area contributed by atoms with E-state index < -0.39 is 11.6 Å². The second-order valence-electron chi connectivity index (χ2n) is 9.17. The highest BCUT2D eigenvalue weighted by Crippen LogP contribution is 2.41. The molecule has 0 aromatic heterocycles. The lowest BCUT2D eigenvalue weighted by atomic mass is 9.99. The lowest BCUT2D eigenvalue weighted by Gasteiger charge is -2.24. The fourth-order valence-electron chi connectivity index (χ4n) is 4.19. The first-order chi connectivity index (χ1) is 16.4. The number of carbonyl (C=O) groups is 1. The largest absolute Gasteiger partial charge is 0.497 e. The Labute approximate surface area is 198 Å². The summed E-state index contributed by atoms with van der Waals surface area (Å²) in [6, 6.07) is 27.6. The normalized spacial score (nSPS) is 11.6. The van der Waals surface area contributed by atoms with Gasteiger partial charge in [-0.15, -0.1) is 0 Å². The molecule has 0 saturated carbocycles. The number of carbonyl (C=O) groups excluding carboxylic acids is 1. The molecule has 0 bridgehead atoms. The number of hydrogen-bond donors (Lipinski definition) is 0. The number of rotatable bonds is 4. The van der Waals surface area contributed by atoms with Crippen LogP contribution in [0.4, 0.5) is 0 Å². The summed E-state index contributed by atoms with van der Waals surface area (Å²) in [5, 5.41) is 0.968. The number of methoxy groups -OCH3 is 1. The van der Waals surface area contributed by atoms with Crippen LogP contribution in [-0.4, -0.2) is 28.2 Å². The lowest BCUT2D eigenvalue weighted by molar-refractivity contribution is 0.00600. The first-order valence-electron chi connectivity index (χ1n) is 11.2. The summed E-state index contributed by atoms with van der Waals surface area (Å²) in [6.07, 6.45) is 0. The van der Waals surface area contributed by atoms with Gasteiger partial charge in [-0.25, -0.2) is 9.78 Å². The highest BCUT2D eigenvalue weighted by Gasteiger charge is 2.29. The number of esters is 1. The van der Waals surface area contributed by atoms with Gasteiger partial charge in [0.2, 0.25) is 0 Å². The molecule has 3 aromatic rings. The van der Waals surface area contributed by atoms with Crippen LogP contribution in [0.3, 0.4) is 0 Å². The number of hydrogen-bond acceptors (Lipinski definition) is 4. The van der Waals surface area contributed by atoms with Crippen molar-refractivity contribution in [1.82, 2.24) is 9.55 Å². The van der Waals surface area contributed by atoms with E-state index in [0.29, 0.717) is 5.69 Å². The van der Waals surface area contributed by atoms with Crippen LogP contribution in [-0.2, 0) is 4.74 Å². The lowest BCUT2D eigenvalue weighted by Crippen LogP contribution is -2.26.